The summed E-state index contributed by atoms with van der Waals surface area (Å²) in [5, 5.41) is 1.61. The number of halogens is 1. The van der Waals surface area contributed by atoms with Crippen LogP contribution in [0.2, 0.25) is 0 Å². The molecular weight excluding hydrogens is 213 g/mol. The van der Waals surface area contributed by atoms with Gasteiger partial charge < -0.3 is 0 Å². The lowest BCUT2D eigenvalue weighted by Crippen LogP contribution is -2.03. The zero-order valence-corrected chi connectivity index (χ0v) is 8.84. The molecule has 2 aromatic rings. The lowest BCUT2D eigenvalue weighted by molar-refractivity contribution is 0.103. The summed E-state index contributed by atoms with van der Waals surface area (Å²) in [6, 6.07) is 4.58. The molecule has 0 saturated heterocycles. The molecule has 0 spiro atoms. The fourth-order valence-corrected chi connectivity index (χ4v) is 1.79. The SMILES string of the molecule is Cc1ccc(C(=O)c2cnsc2)c(F)c1. The second kappa shape index (κ2) is 3.90. The third-order valence-electron chi connectivity index (χ3n) is 2.06. The molecule has 15 heavy (non-hydrogen) atoms. The normalized spacial score (nSPS) is 10.3. The Labute approximate surface area is 90.5 Å². The number of carbonyl (C=O) groups excluding carboxylic acids is 1. The van der Waals surface area contributed by atoms with Gasteiger partial charge in [-0.05, 0) is 36.2 Å². The van der Waals surface area contributed by atoms with E-state index in [0.29, 0.717) is 5.56 Å². The zero-order valence-electron chi connectivity index (χ0n) is 8.03. The summed E-state index contributed by atoms with van der Waals surface area (Å²) in [6.07, 6.45) is 1.45. The summed E-state index contributed by atoms with van der Waals surface area (Å²) >= 11 is 1.18. The summed E-state index contributed by atoms with van der Waals surface area (Å²) < 4.78 is 17.3. The molecule has 1 aromatic heterocycles. The highest BCUT2D eigenvalue weighted by molar-refractivity contribution is 7.03. The number of nitrogens with zero attached hydrogens (tertiary/aromatic N) is 1. The fourth-order valence-electron chi connectivity index (χ4n) is 1.28. The predicted octanol–water partition coefficient (Wildman–Crippen LogP) is 2.82. The summed E-state index contributed by atoms with van der Waals surface area (Å²) in [7, 11) is 0. The minimum atomic E-state index is -0.480. The van der Waals surface area contributed by atoms with Crippen LogP contribution in [-0.4, -0.2) is 10.2 Å². The molecule has 0 aliphatic rings. The molecule has 0 aliphatic carbocycles. The Morgan fingerprint density at radius 3 is 2.87 bits per heavy atom. The quantitative estimate of drug-likeness (QED) is 0.730. The zero-order chi connectivity index (χ0) is 10.8. The summed E-state index contributed by atoms with van der Waals surface area (Å²) in [4.78, 5) is 11.8. The van der Waals surface area contributed by atoms with Crippen LogP contribution < -0.4 is 0 Å². The van der Waals surface area contributed by atoms with Crippen LogP contribution in [0.3, 0.4) is 0 Å². The van der Waals surface area contributed by atoms with Gasteiger partial charge in [0.1, 0.15) is 5.82 Å². The van der Waals surface area contributed by atoms with Gasteiger partial charge in [0.2, 0.25) is 0 Å². The van der Waals surface area contributed by atoms with E-state index in [1.807, 2.05) is 0 Å². The molecule has 0 aliphatic heterocycles. The highest BCUT2D eigenvalue weighted by Gasteiger charge is 2.14. The van der Waals surface area contributed by atoms with Crippen molar-refractivity contribution in [2.24, 2.45) is 0 Å². The highest BCUT2D eigenvalue weighted by Crippen LogP contribution is 2.15. The van der Waals surface area contributed by atoms with E-state index in [-0.39, 0.29) is 11.3 Å². The molecule has 0 amide bonds. The van der Waals surface area contributed by atoms with Gasteiger partial charge >= 0.3 is 0 Å². The molecule has 0 N–H and O–H groups in total. The molecule has 2 rings (SSSR count). The first-order valence-electron chi connectivity index (χ1n) is 4.38. The van der Waals surface area contributed by atoms with Crippen LogP contribution in [0.15, 0.2) is 29.8 Å². The van der Waals surface area contributed by atoms with Gasteiger partial charge in [0.25, 0.3) is 0 Å². The third kappa shape index (κ3) is 1.94. The monoisotopic (exact) mass is 221 g/mol. The van der Waals surface area contributed by atoms with Crippen LogP contribution in [0, 0.1) is 12.7 Å². The van der Waals surface area contributed by atoms with Crippen molar-refractivity contribution in [2.45, 2.75) is 6.92 Å². The van der Waals surface area contributed by atoms with Crippen molar-refractivity contribution in [3.05, 3.63) is 52.3 Å². The maximum Gasteiger partial charge on any atom is 0.198 e. The maximum absolute atomic E-state index is 13.5. The molecule has 4 heteroatoms. The standard InChI is InChI=1S/C11H8FNOS/c1-7-2-3-9(10(12)4-7)11(14)8-5-13-15-6-8/h2-6H,1H3. The Bertz CT molecular complexity index is 493. The van der Waals surface area contributed by atoms with Gasteiger partial charge in [-0.25, -0.2) is 8.76 Å². The molecule has 1 aromatic carbocycles. The summed E-state index contributed by atoms with van der Waals surface area (Å²) in [6.45, 7) is 1.78. The number of hydrogen-bond acceptors (Lipinski definition) is 3. The maximum atomic E-state index is 13.5. The molecule has 76 valence electrons. The van der Waals surface area contributed by atoms with Crippen LogP contribution in [0.5, 0.6) is 0 Å². The molecule has 0 unspecified atom stereocenters. The molecular formula is C11H8FNOS. The number of aromatic nitrogens is 1. The second-order valence-corrected chi connectivity index (χ2v) is 3.88. The van der Waals surface area contributed by atoms with Crippen LogP contribution in [0.1, 0.15) is 21.5 Å². The third-order valence-corrected chi connectivity index (χ3v) is 2.65. The number of aryl methyl sites for hydroxylation is 1. The fraction of sp³-hybridized carbons (Fsp3) is 0.0909. The molecule has 0 bridgehead atoms. The van der Waals surface area contributed by atoms with Crippen LogP contribution in [0.25, 0.3) is 0 Å². The number of ketones is 1. The number of benzene rings is 1. The van der Waals surface area contributed by atoms with Crippen molar-refractivity contribution in [3.8, 4) is 0 Å². The lowest BCUT2D eigenvalue weighted by Gasteiger charge is -2.01. The van der Waals surface area contributed by atoms with Gasteiger partial charge in [0, 0.05) is 5.38 Å². The van der Waals surface area contributed by atoms with Gasteiger partial charge in [-0.15, -0.1) is 0 Å². The Morgan fingerprint density at radius 2 is 2.27 bits per heavy atom. The van der Waals surface area contributed by atoms with E-state index in [4.69, 9.17) is 0 Å². The van der Waals surface area contributed by atoms with Gasteiger partial charge in [-0.1, -0.05) is 6.07 Å². The van der Waals surface area contributed by atoms with E-state index < -0.39 is 5.82 Å². The van der Waals surface area contributed by atoms with Gasteiger partial charge in [0.05, 0.1) is 17.3 Å². The van der Waals surface area contributed by atoms with Gasteiger partial charge in [0.15, 0.2) is 5.78 Å². The van der Waals surface area contributed by atoms with E-state index >= 15 is 0 Å². The first kappa shape index (κ1) is 9.98. The number of carbonyl (C=O) groups is 1. The molecule has 2 nitrogen and oxygen atoms in total. The Hall–Kier alpha value is -1.55. The Morgan fingerprint density at radius 1 is 1.47 bits per heavy atom. The average Bonchev–Trinajstić information content (AvgIpc) is 2.69. The van der Waals surface area contributed by atoms with Gasteiger partial charge in [-0.2, -0.15) is 0 Å². The molecule has 0 fully saturated rings. The molecule has 0 radical (unpaired) electrons. The second-order valence-electron chi connectivity index (χ2n) is 3.23. The van der Waals surface area contributed by atoms with E-state index in [1.165, 1.54) is 29.9 Å². The average molecular weight is 221 g/mol. The first-order valence-corrected chi connectivity index (χ1v) is 5.22. The molecule has 1 heterocycles. The summed E-state index contributed by atoms with van der Waals surface area (Å²) in [5.74, 6) is -0.799. The van der Waals surface area contributed by atoms with Crippen molar-refractivity contribution in [2.75, 3.05) is 0 Å². The topological polar surface area (TPSA) is 30.0 Å². The predicted molar refractivity (Wildman–Crippen MR) is 56.7 cm³/mol. The van der Waals surface area contributed by atoms with Crippen LogP contribution >= 0.6 is 11.5 Å². The van der Waals surface area contributed by atoms with Crippen molar-refractivity contribution in [3.63, 3.8) is 0 Å². The minimum Gasteiger partial charge on any atom is -0.288 e. The number of hydrogen-bond donors (Lipinski definition) is 0. The minimum absolute atomic E-state index is 0.0980. The van der Waals surface area contributed by atoms with Crippen molar-refractivity contribution in [1.29, 1.82) is 0 Å². The van der Waals surface area contributed by atoms with E-state index in [2.05, 4.69) is 4.37 Å². The lowest BCUT2D eigenvalue weighted by atomic mass is 10.0. The van der Waals surface area contributed by atoms with Crippen LogP contribution in [0.4, 0.5) is 4.39 Å². The smallest absolute Gasteiger partial charge is 0.198 e. The van der Waals surface area contributed by atoms with Crippen molar-refractivity contribution >= 4 is 17.3 Å². The first-order chi connectivity index (χ1) is 7.18. The van der Waals surface area contributed by atoms with Crippen LogP contribution in [-0.2, 0) is 0 Å². The van der Waals surface area contributed by atoms with E-state index in [0.717, 1.165) is 5.56 Å². The molecule has 0 saturated carbocycles. The molecule has 0 atom stereocenters. The Balaban J connectivity index is 2.42. The van der Waals surface area contributed by atoms with E-state index in [9.17, 15) is 9.18 Å². The van der Waals surface area contributed by atoms with Gasteiger partial charge in [-0.3, -0.25) is 4.79 Å². The van der Waals surface area contributed by atoms with Crippen molar-refractivity contribution in [1.82, 2.24) is 4.37 Å². The van der Waals surface area contributed by atoms with Crippen molar-refractivity contribution < 1.29 is 9.18 Å². The number of rotatable bonds is 2. The largest absolute Gasteiger partial charge is 0.288 e. The van der Waals surface area contributed by atoms with E-state index in [1.54, 1.807) is 18.4 Å². The Kier molecular flexibility index (Phi) is 2.60. The highest BCUT2D eigenvalue weighted by atomic mass is 32.1. The summed E-state index contributed by atoms with van der Waals surface area (Å²) in [5.41, 5.74) is 1.33.